The fraction of sp³-hybridized carbons (Fsp3) is 0.667. The van der Waals surface area contributed by atoms with Gasteiger partial charge in [-0.1, -0.05) is 11.3 Å². The summed E-state index contributed by atoms with van der Waals surface area (Å²) >= 11 is 1.50. The van der Waals surface area contributed by atoms with Crippen LogP contribution >= 0.6 is 11.3 Å². The summed E-state index contributed by atoms with van der Waals surface area (Å²) in [6, 6.07) is 0. The summed E-state index contributed by atoms with van der Waals surface area (Å²) in [7, 11) is 1.44. The van der Waals surface area contributed by atoms with E-state index < -0.39 is 0 Å². The summed E-state index contributed by atoms with van der Waals surface area (Å²) in [5.41, 5.74) is 1.71. The fourth-order valence-corrected chi connectivity index (χ4v) is 2.41. The highest BCUT2D eigenvalue weighted by molar-refractivity contribution is 7.13. The molecular weight excluding hydrogens is 214 g/mol. The van der Waals surface area contributed by atoms with E-state index in [0.717, 1.165) is 24.5 Å². The zero-order chi connectivity index (χ0) is 10.7. The summed E-state index contributed by atoms with van der Waals surface area (Å²) in [6.45, 7) is 1.64. The standard InChI is InChI=1S/C9H13N3O2S/c1-14-8(13)7-3-2-4-12(5-7)9-11-10-6-15-9/h6-7H,2-5H2,1H3. The topological polar surface area (TPSA) is 55.3 Å². The molecule has 1 unspecified atom stereocenters. The average molecular weight is 227 g/mol. The highest BCUT2D eigenvalue weighted by Crippen LogP contribution is 2.24. The van der Waals surface area contributed by atoms with Crippen LogP contribution in [0.5, 0.6) is 0 Å². The molecule has 15 heavy (non-hydrogen) atoms. The molecule has 6 heteroatoms. The molecule has 0 N–H and O–H groups in total. The molecule has 5 nitrogen and oxygen atoms in total. The maximum atomic E-state index is 11.4. The van der Waals surface area contributed by atoms with Crippen LogP contribution in [-0.4, -0.2) is 36.4 Å². The maximum Gasteiger partial charge on any atom is 0.310 e. The third-order valence-corrected chi connectivity index (χ3v) is 3.33. The second-order valence-corrected chi connectivity index (χ2v) is 4.34. The van der Waals surface area contributed by atoms with Crippen molar-refractivity contribution in [2.75, 3.05) is 25.1 Å². The summed E-state index contributed by atoms with van der Waals surface area (Å²) in [4.78, 5) is 13.5. The predicted molar refractivity (Wildman–Crippen MR) is 56.9 cm³/mol. The Bertz CT molecular complexity index is 328. The molecule has 0 amide bonds. The van der Waals surface area contributed by atoms with Gasteiger partial charge < -0.3 is 9.64 Å². The van der Waals surface area contributed by atoms with E-state index in [1.165, 1.54) is 18.4 Å². The van der Waals surface area contributed by atoms with Crippen LogP contribution in [0.4, 0.5) is 5.13 Å². The fourth-order valence-electron chi connectivity index (χ4n) is 1.81. The van der Waals surface area contributed by atoms with Crippen molar-refractivity contribution in [3.63, 3.8) is 0 Å². The van der Waals surface area contributed by atoms with Gasteiger partial charge >= 0.3 is 5.97 Å². The molecule has 1 aromatic heterocycles. The Morgan fingerprint density at radius 3 is 3.27 bits per heavy atom. The van der Waals surface area contributed by atoms with Crippen molar-refractivity contribution in [3.05, 3.63) is 5.51 Å². The van der Waals surface area contributed by atoms with Crippen LogP contribution in [0.2, 0.25) is 0 Å². The Morgan fingerprint density at radius 1 is 1.73 bits per heavy atom. The van der Waals surface area contributed by atoms with Crippen molar-refractivity contribution < 1.29 is 9.53 Å². The van der Waals surface area contributed by atoms with Crippen molar-refractivity contribution in [1.82, 2.24) is 10.2 Å². The maximum absolute atomic E-state index is 11.4. The molecule has 0 radical (unpaired) electrons. The number of hydrogen-bond donors (Lipinski definition) is 0. The van der Waals surface area contributed by atoms with Crippen LogP contribution in [0.3, 0.4) is 0 Å². The van der Waals surface area contributed by atoms with E-state index in [1.807, 2.05) is 0 Å². The second-order valence-electron chi connectivity index (χ2n) is 3.53. The van der Waals surface area contributed by atoms with Crippen LogP contribution in [0.15, 0.2) is 5.51 Å². The lowest BCUT2D eigenvalue weighted by Gasteiger charge is -2.30. The quantitative estimate of drug-likeness (QED) is 0.703. The van der Waals surface area contributed by atoms with E-state index in [0.29, 0.717) is 6.54 Å². The summed E-state index contributed by atoms with van der Waals surface area (Å²) in [5, 5.41) is 8.69. The molecule has 82 valence electrons. The van der Waals surface area contributed by atoms with E-state index in [9.17, 15) is 4.79 Å². The number of ether oxygens (including phenoxy) is 1. The Balaban J connectivity index is 2.01. The van der Waals surface area contributed by atoms with Crippen LogP contribution in [0, 0.1) is 5.92 Å². The number of nitrogens with zero attached hydrogens (tertiary/aromatic N) is 3. The van der Waals surface area contributed by atoms with E-state index in [-0.39, 0.29) is 11.9 Å². The van der Waals surface area contributed by atoms with Gasteiger partial charge in [0.25, 0.3) is 0 Å². The third-order valence-electron chi connectivity index (χ3n) is 2.57. The number of hydrogen-bond acceptors (Lipinski definition) is 6. The van der Waals surface area contributed by atoms with Crippen LogP contribution < -0.4 is 4.90 Å². The van der Waals surface area contributed by atoms with Crippen LogP contribution in [0.1, 0.15) is 12.8 Å². The van der Waals surface area contributed by atoms with Gasteiger partial charge in [0.05, 0.1) is 13.0 Å². The van der Waals surface area contributed by atoms with E-state index in [2.05, 4.69) is 15.1 Å². The zero-order valence-corrected chi connectivity index (χ0v) is 9.37. The van der Waals surface area contributed by atoms with Gasteiger partial charge in [0, 0.05) is 13.1 Å². The Hall–Kier alpha value is -1.17. The predicted octanol–water partition coefficient (Wildman–Crippen LogP) is 0.927. The lowest BCUT2D eigenvalue weighted by atomic mass is 9.99. The molecule has 0 saturated carbocycles. The Labute approximate surface area is 92.1 Å². The first-order chi connectivity index (χ1) is 7.31. The first-order valence-electron chi connectivity index (χ1n) is 4.90. The number of methoxy groups -OCH3 is 1. The molecular formula is C9H13N3O2S. The van der Waals surface area contributed by atoms with E-state index >= 15 is 0 Å². The lowest BCUT2D eigenvalue weighted by molar-refractivity contribution is -0.145. The number of aromatic nitrogens is 2. The van der Waals surface area contributed by atoms with Gasteiger partial charge in [-0.15, -0.1) is 10.2 Å². The molecule has 1 saturated heterocycles. The van der Waals surface area contributed by atoms with Crippen molar-refractivity contribution >= 4 is 22.4 Å². The second kappa shape index (κ2) is 4.57. The first kappa shape index (κ1) is 10.4. The molecule has 0 spiro atoms. The largest absolute Gasteiger partial charge is 0.469 e. The van der Waals surface area contributed by atoms with Gasteiger partial charge in [-0.3, -0.25) is 4.79 Å². The molecule has 0 aromatic carbocycles. The number of anilines is 1. The zero-order valence-electron chi connectivity index (χ0n) is 8.55. The number of carbonyl (C=O) groups is 1. The minimum Gasteiger partial charge on any atom is -0.469 e. The minimum absolute atomic E-state index is 0.0207. The number of esters is 1. The Kier molecular flexibility index (Phi) is 3.15. The van der Waals surface area contributed by atoms with Crippen LogP contribution in [0.25, 0.3) is 0 Å². The van der Waals surface area contributed by atoms with Gasteiger partial charge in [0.15, 0.2) is 0 Å². The molecule has 1 atom stereocenters. The highest BCUT2D eigenvalue weighted by Gasteiger charge is 2.27. The SMILES string of the molecule is COC(=O)C1CCCN(c2nncs2)C1. The molecule has 1 aromatic rings. The molecule has 0 bridgehead atoms. The minimum atomic E-state index is -0.121. The molecule has 1 fully saturated rings. The molecule has 2 rings (SSSR count). The van der Waals surface area contributed by atoms with Crippen molar-refractivity contribution in [1.29, 1.82) is 0 Å². The summed E-state index contributed by atoms with van der Waals surface area (Å²) in [5.74, 6) is -0.142. The number of piperidine rings is 1. The van der Waals surface area contributed by atoms with E-state index in [4.69, 9.17) is 4.74 Å². The lowest BCUT2D eigenvalue weighted by Crippen LogP contribution is -2.39. The smallest absolute Gasteiger partial charge is 0.310 e. The molecule has 0 aliphatic carbocycles. The van der Waals surface area contributed by atoms with Crippen LogP contribution in [-0.2, 0) is 9.53 Å². The van der Waals surface area contributed by atoms with E-state index in [1.54, 1.807) is 5.51 Å². The number of rotatable bonds is 2. The molecule has 1 aliphatic rings. The first-order valence-corrected chi connectivity index (χ1v) is 5.78. The normalized spacial score (nSPS) is 21.4. The van der Waals surface area contributed by atoms with Crippen molar-refractivity contribution in [3.8, 4) is 0 Å². The van der Waals surface area contributed by atoms with Gasteiger partial charge in [-0.25, -0.2) is 0 Å². The van der Waals surface area contributed by atoms with Gasteiger partial charge in [0.2, 0.25) is 5.13 Å². The monoisotopic (exact) mass is 227 g/mol. The van der Waals surface area contributed by atoms with Crippen molar-refractivity contribution in [2.45, 2.75) is 12.8 Å². The average Bonchev–Trinajstić information content (AvgIpc) is 2.82. The van der Waals surface area contributed by atoms with Gasteiger partial charge in [0.1, 0.15) is 5.51 Å². The highest BCUT2D eigenvalue weighted by atomic mass is 32.1. The molecule has 1 aliphatic heterocycles. The third kappa shape index (κ3) is 2.26. The van der Waals surface area contributed by atoms with Gasteiger partial charge in [-0.2, -0.15) is 0 Å². The Morgan fingerprint density at radius 2 is 2.60 bits per heavy atom. The van der Waals surface area contributed by atoms with Gasteiger partial charge in [-0.05, 0) is 12.8 Å². The summed E-state index contributed by atoms with van der Waals surface area (Å²) < 4.78 is 4.76. The number of carbonyl (C=O) groups excluding carboxylic acids is 1. The summed E-state index contributed by atoms with van der Waals surface area (Å²) in [6.07, 6.45) is 1.90. The van der Waals surface area contributed by atoms with Crippen molar-refractivity contribution in [2.24, 2.45) is 5.92 Å². The molecule has 2 heterocycles.